The highest BCUT2D eigenvalue weighted by Crippen LogP contribution is 2.27. The quantitative estimate of drug-likeness (QED) is 0.798. The van der Waals surface area contributed by atoms with Crippen LogP contribution in [0.3, 0.4) is 0 Å². The number of thiazole rings is 1. The van der Waals surface area contributed by atoms with Crippen molar-refractivity contribution < 1.29 is 14.7 Å². The van der Waals surface area contributed by atoms with Crippen LogP contribution >= 0.6 is 11.3 Å². The van der Waals surface area contributed by atoms with E-state index >= 15 is 0 Å². The number of hydrogen-bond donors (Lipinski definition) is 2. The second kappa shape index (κ2) is 8.63. The first-order valence-corrected chi connectivity index (χ1v) is 10.1. The Morgan fingerprint density at radius 2 is 2.07 bits per heavy atom. The lowest BCUT2D eigenvalue weighted by molar-refractivity contribution is -0.138. The number of likely N-dealkylation sites (tertiary alicyclic amines) is 1. The molecule has 2 amide bonds. The topological polar surface area (TPSA) is 82.5 Å². The van der Waals surface area contributed by atoms with Crippen LogP contribution in [-0.4, -0.2) is 45.5 Å². The molecule has 144 valence electrons. The molecule has 2 aromatic rings. The summed E-state index contributed by atoms with van der Waals surface area (Å²) in [5.74, 6) is -0.281. The van der Waals surface area contributed by atoms with E-state index in [4.69, 9.17) is 0 Å². The molecule has 2 unspecified atom stereocenters. The number of rotatable bonds is 6. The summed E-state index contributed by atoms with van der Waals surface area (Å²) in [5, 5.41) is 12.8. The lowest BCUT2D eigenvalue weighted by Gasteiger charge is -2.23. The molecule has 1 aliphatic heterocycles. The average Bonchev–Trinajstić information content (AvgIpc) is 3.26. The molecule has 1 saturated heterocycles. The third-order valence-electron chi connectivity index (χ3n) is 4.79. The Kier molecular flexibility index (Phi) is 6.23. The Hall–Kier alpha value is -2.25. The van der Waals surface area contributed by atoms with Gasteiger partial charge in [0.1, 0.15) is 6.04 Å². The fourth-order valence-corrected chi connectivity index (χ4v) is 4.17. The van der Waals surface area contributed by atoms with Gasteiger partial charge in [-0.1, -0.05) is 31.2 Å². The summed E-state index contributed by atoms with van der Waals surface area (Å²) >= 11 is 1.61. The standard InChI is InChI=1S/C20H25N3O3S/c1-3-4-18(25)23-11-16(24)9-17(23)20(26)21-10-14-5-7-15(8-6-14)19-13(2)22-12-27-19/h5-8,12,16-17,24H,3-4,9-11H2,1-2H3,(H,21,26). The molecule has 0 aliphatic carbocycles. The summed E-state index contributed by atoms with van der Waals surface area (Å²) in [7, 11) is 0. The Balaban J connectivity index is 1.60. The van der Waals surface area contributed by atoms with Crippen molar-refractivity contribution in [3.8, 4) is 10.4 Å². The van der Waals surface area contributed by atoms with Gasteiger partial charge in [-0.2, -0.15) is 0 Å². The minimum absolute atomic E-state index is 0.0709. The molecule has 7 heteroatoms. The van der Waals surface area contributed by atoms with Crippen LogP contribution in [0.1, 0.15) is 37.4 Å². The maximum Gasteiger partial charge on any atom is 0.243 e. The molecule has 3 rings (SSSR count). The van der Waals surface area contributed by atoms with Crippen LogP contribution in [0, 0.1) is 6.92 Å². The van der Waals surface area contributed by atoms with E-state index in [0.717, 1.165) is 28.1 Å². The van der Waals surface area contributed by atoms with Crippen molar-refractivity contribution in [3.63, 3.8) is 0 Å². The number of β-amino-alcohol motifs (C(OH)–C–C–N with tert-alkyl or cyclic N) is 1. The molecule has 6 nitrogen and oxygen atoms in total. The summed E-state index contributed by atoms with van der Waals surface area (Å²) in [4.78, 5) is 31.7. The van der Waals surface area contributed by atoms with Crippen molar-refractivity contribution in [3.05, 3.63) is 41.0 Å². The van der Waals surface area contributed by atoms with Crippen LogP contribution in [0.25, 0.3) is 10.4 Å². The minimum Gasteiger partial charge on any atom is -0.391 e. The number of carbonyl (C=O) groups is 2. The highest BCUT2D eigenvalue weighted by atomic mass is 32.1. The number of hydrogen-bond acceptors (Lipinski definition) is 5. The maximum absolute atomic E-state index is 12.6. The number of aryl methyl sites for hydroxylation is 1. The molecular formula is C20H25N3O3S. The third kappa shape index (κ3) is 4.54. The summed E-state index contributed by atoms with van der Waals surface area (Å²) in [5.41, 5.74) is 4.94. The monoisotopic (exact) mass is 387 g/mol. The smallest absolute Gasteiger partial charge is 0.243 e. The molecule has 1 aromatic carbocycles. The summed E-state index contributed by atoms with van der Waals surface area (Å²) in [6.45, 7) is 4.54. The Bertz CT molecular complexity index is 803. The van der Waals surface area contributed by atoms with Crippen molar-refractivity contribution in [2.24, 2.45) is 0 Å². The molecule has 2 atom stereocenters. The first-order valence-electron chi connectivity index (χ1n) is 9.24. The van der Waals surface area contributed by atoms with Crippen molar-refractivity contribution in [2.45, 2.75) is 51.8 Å². The van der Waals surface area contributed by atoms with Crippen molar-refractivity contribution in [2.75, 3.05) is 6.54 Å². The van der Waals surface area contributed by atoms with Crippen LogP contribution in [-0.2, 0) is 16.1 Å². The zero-order valence-electron chi connectivity index (χ0n) is 15.6. The van der Waals surface area contributed by atoms with Gasteiger partial charge >= 0.3 is 0 Å². The maximum atomic E-state index is 12.6. The fraction of sp³-hybridized carbons (Fsp3) is 0.450. The lowest BCUT2D eigenvalue weighted by atomic mass is 10.1. The second-order valence-corrected chi connectivity index (χ2v) is 7.74. The predicted octanol–water partition coefficient (Wildman–Crippen LogP) is 2.50. The molecular weight excluding hydrogens is 362 g/mol. The number of nitrogens with one attached hydrogen (secondary N) is 1. The van der Waals surface area contributed by atoms with E-state index in [1.54, 1.807) is 11.3 Å². The number of benzene rings is 1. The zero-order valence-corrected chi connectivity index (χ0v) is 16.5. The van der Waals surface area contributed by atoms with Crippen LogP contribution < -0.4 is 5.32 Å². The molecule has 1 aromatic heterocycles. The number of nitrogens with zero attached hydrogens (tertiary/aromatic N) is 2. The van der Waals surface area contributed by atoms with Gasteiger partial charge < -0.3 is 15.3 Å². The summed E-state index contributed by atoms with van der Waals surface area (Å²) in [6.07, 6.45) is 0.786. The van der Waals surface area contributed by atoms with Crippen LogP contribution in [0.2, 0.25) is 0 Å². The van der Waals surface area contributed by atoms with Gasteiger partial charge in [-0.3, -0.25) is 9.59 Å². The number of carbonyl (C=O) groups excluding carboxylic acids is 2. The second-order valence-electron chi connectivity index (χ2n) is 6.88. The summed E-state index contributed by atoms with van der Waals surface area (Å²) < 4.78 is 0. The first kappa shape index (κ1) is 19.5. The van der Waals surface area contributed by atoms with E-state index in [1.165, 1.54) is 4.90 Å². The van der Waals surface area contributed by atoms with Gasteiger partial charge in [0, 0.05) is 25.9 Å². The molecule has 2 N–H and O–H groups in total. The molecule has 0 spiro atoms. The molecule has 1 fully saturated rings. The van der Waals surface area contributed by atoms with Gasteiger partial charge in [-0.15, -0.1) is 11.3 Å². The molecule has 27 heavy (non-hydrogen) atoms. The van der Waals surface area contributed by atoms with E-state index in [-0.39, 0.29) is 18.4 Å². The molecule has 0 saturated carbocycles. The minimum atomic E-state index is -0.636. The SMILES string of the molecule is CCCC(=O)N1CC(O)CC1C(=O)NCc1ccc(-c2scnc2C)cc1. The summed E-state index contributed by atoms with van der Waals surface area (Å²) in [6, 6.07) is 7.44. The third-order valence-corrected chi connectivity index (χ3v) is 5.77. The van der Waals surface area contributed by atoms with E-state index < -0.39 is 12.1 Å². The largest absolute Gasteiger partial charge is 0.391 e. The number of aliphatic hydroxyl groups excluding tert-OH is 1. The average molecular weight is 388 g/mol. The number of aromatic nitrogens is 1. The van der Waals surface area contributed by atoms with Crippen molar-refractivity contribution in [1.82, 2.24) is 15.2 Å². The van der Waals surface area contributed by atoms with Crippen molar-refractivity contribution >= 4 is 23.2 Å². The lowest BCUT2D eigenvalue weighted by Crippen LogP contribution is -2.45. The van der Waals surface area contributed by atoms with Crippen LogP contribution in [0.5, 0.6) is 0 Å². The Morgan fingerprint density at radius 3 is 2.70 bits per heavy atom. The van der Waals surface area contributed by atoms with Gasteiger partial charge in [0.05, 0.1) is 22.2 Å². The van der Waals surface area contributed by atoms with Crippen molar-refractivity contribution in [1.29, 1.82) is 0 Å². The van der Waals surface area contributed by atoms with E-state index in [0.29, 0.717) is 19.4 Å². The first-order chi connectivity index (χ1) is 13.0. The normalized spacial score (nSPS) is 19.3. The van der Waals surface area contributed by atoms with Gasteiger partial charge in [-0.05, 0) is 24.5 Å². The van der Waals surface area contributed by atoms with E-state index in [2.05, 4.69) is 10.3 Å². The molecule has 0 radical (unpaired) electrons. The van der Waals surface area contributed by atoms with Crippen LogP contribution in [0.4, 0.5) is 0 Å². The highest BCUT2D eigenvalue weighted by molar-refractivity contribution is 7.13. The zero-order chi connectivity index (χ0) is 19.4. The van der Waals surface area contributed by atoms with Gasteiger partial charge in [0.25, 0.3) is 0 Å². The predicted molar refractivity (Wildman–Crippen MR) is 105 cm³/mol. The van der Waals surface area contributed by atoms with E-state index in [9.17, 15) is 14.7 Å². The van der Waals surface area contributed by atoms with Gasteiger partial charge in [0.15, 0.2) is 0 Å². The van der Waals surface area contributed by atoms with E-state index in [1.807, 2.05) is 43.6 Å². The fourth-order valence-electron chi connectivity index (χ4n) is 3.36. The number of amides is 2. The molecule has 1 aliphatic rings. The Morgan fingerprint density at radius 1 is 1.33 bits per heavy atom. The molecule has 0 bridgehead atoms. The van der Waals surface area contributed by atoms with Gasteiger partial charge in [0.2, 0.25) is 11.8 Å². The van der Waals surface area contributed by atoms with Gasteiger partial charge in [-0.25, -0.2) is 4.98 Å². The number of aliphatic hydroxyl groups is 1. The Labute approximate surface area is 163 Å². The van der Waals surface area contributed by atoms with Crippen LogP contribution in [0.15, 0.2) is 29.8 Å². The highest BCUT2D eigenvalue weighted by Gasteiger charge is 2.38. The molecule has 2 heterocycles.